The van der Waals surface area contributed by atoms with Crippen molar-refractivity contribution in [3.63, 3.8) is 0 Å². The van der Waals surface area contributed by atoms with Crippen molar-refractivity contribution >= 4 is 40.8 Å². The van der Waals surface area contributed by atoms with Crippen molar-refractivity contribution in [2.45, 2.75) is 13.0 Å². The first-order valence-corrected chi connectivity index (χ1v) is 8.28. The minimum Gasteiger partial charge on any atom is -0.356 e. The summed E-state index contributed by atoms with van der Waals surface area (Å²) >= 11 is 0. The van der Waals surface area contributed by atoms with Gasteiger partial charge in [0, 0.05) is 31.7 Å². The fraction of sp³-hybridized carbons (Fsp3) is 0.200. The van der Waals surface area contributed by atoms with Crippen LogP contribution in [0.5, 0.6) is 0 Å². The number of hydrogen-bond acceptors (Lipinski definition) is 2. The quantitative estimate of drug-likeness (QED) is 0.342. The van der Waals surface area contributed by atoms with E-state index >= 15 is 0 Å². The molecule has 0 fully saturated rings. The first-order chi connectivity index (χ1) is 12.3. The van der Waals surface area contributed by atoms with Crippen LogP contribution in [0, 0.1) is 5.82 Å². The molecule has 0 atom stereocenters. The van der Waals surface area contributed by atoms with E-state index in [1.54, 1.807) is 19.2 Å². The largest absolute Gasteiger partial charge is 0.356 e. The Balaban J connectivity index is 0.00000243. The van der Waals surface area contributed by atoms with Crippen LogP contribution in [0.15, 0.2) is 65.8 Å². The van der Waals surface area contributed by atoms with Gasteiger partial charge in [0.25, 0.3) is 0 Å². The van der Waals surface area contributed by atoms with Crippen molar-refractivity contribution in [1.29, 1.82) is 0 Å². The van der Waals surface area contributed by atoms with Crippen molar-refractivity contribution in [2.24, 2.45) is 4.99 Å². The molecule has 0 unspecified atom stereocenters. The van der Waals surface area contributed by atoms with Gasteiger partial charge in [-0.25, -0.2) is 4.39 Å². The van der Waals surface area contributed by atoms with Crippen LogP contribution in [0.3, 0.4) is 0 Å². The topological polar surface area (TPSA) is 49.3 Å². The summed E-state index contributed by atoms with van der Waals surface area (Å²) in [7, 11) is 1.74. The average Bonchev–Trinajstić information content (AvgIpc) is 2.66. The number of benzene rings is 2. The minimum atomic E-state index is -0.227. The molecule has 0 saturated heterocycles. The van der Waals surface area contributed by atoms with Gasteiger partial charge in [-0.15, -0.1) is 24.0 Å². The third kappa shape index (κ3) is 5.39. The van der Waals surface area contributed by atoms with E-state index in [0.717, 1.165) is 35.4 Å². The molecule has 26 heavy (non-hydrogen) atoms. The van der Waals surface area contributed by atoms with E-state index in [-0.39, 0.29) is 29.8 Å². The van der Waals surface area contributed by atoms with Crippen LogP contribution >= 0.6 is 24.0 Å². The molecule has 0 saturated carbocycles. The molecule has 2 N–H and O–H groups in total. The highest BCUT2D eigenvalue weighted by Crippen LogP contribution is 2.15. The highest BCUT2D eigenvalue weighted by atomic mass is 127. The Kier molecular flexibility index (Phi) is 7.77. The molecular formula is C20H22FIN4. The Hall–Kier alpha value is -2.22. The standard InChI is InChI=1S/C20H21FN4.HI/c1-22-20(25-14-15-7-9-18(21)10-8-15)24-13-11-17-5-2-4-16-6-3-12-23-19(16)17;/h2-10,12H,11,13-14H2,1H3,(H2,22,24,25);1H. The van der Waals surface area contributed by atoms with Gasteiger partial charge in [-0.1, -0.05) is 36.4 Å². The second kappa shape index (κ2) is 10.1. The second-order valence-corrected chi connectivity index (χ2v) is 5.72. The molecule has 0 aliphatic carbocycles. The molecule has 0 spiro atoms. The molecule has 1 aromatic heterocycles. The molecule has 136 valence electrons. The molecule has 6 heteroatoms. The van der Waals surface area contributed by atoms with Crippen molar-refractivity contribution in [2.75, 3.05) is 13.6 Å². The maximum absolute atomic E-state index is 12.9. The minimum absolute atomic E-state index is 0. The molecule has 0 bridgehead atoms. The summed E-state index contributed by atoms with van der Waals surface area (Å²) in [4.78, 5) is 8.70. The van der Waals surface area contributed by atoms with E-state index in [1.165, 1.54) is 17.7 Å². The monoisotopic (exact) mass is 464 g/mol. The van der Waals surface area contributed by atoms with Crippen molar-refractivity contribution < 1.29 is 4.39 Å². The third-order valence-corrected chi connectivity index (χ3v) is 4.00. The third-order valence-electron chi connectivity index (χ3n) is 4.00. The summed E-state index contributed by atoms with van der Waals surface area (Å²) in [5.74, 6) is 0.493. The fourth-order valence-electron chi connectivity index (χ4n) is 2.69. The molecule has 2 aromatic carbocycles. The lowest BCUT2D eigenvalue weighted by Crippen LogP contribution is -2.37. The number of pyridine rings is 1. The molecule has 3 rings (SSSR count). The number of fused-ring (bicyclic) bond motifs is 1. The highest BCUT2D eigenvalue weighted by molar-refractivity contribution is 14.0. The lowest BCUT2D eigenvalue weighted by molar-refractivity contribution is 0.626. The number of hydrogen-bond donors (Lipinski definition) is 2. The molecular weight excluding hydrogens is 442 g/mol. The predicted octanol–water partition coefficient (Wildman–Crippen LogP) is 3.90. The van der Waals surface area contributed by atoms with Gasteiger partial charge in [0.2, 0.25) is 0 Å². The van der Waals surface area contributed by atoms with E-state index in [2.05, 4.69) is 44.9 Å². The lowest BCUT2D eigenvalue weighted by atomic mass is 10.1. The van der Waals surface area contributed by atoms with E-state index in [1.807, 2.05) is 12.3 Å². The Morgan fingerprint density at radius 3 is 2.58 bits per heavy atom. The molecule has 0 amide bonds. The first-order valence-electron chi connectivity index (χ1n) is 8.28. The summed E-state index contributed by atoms with van der Waals surface area (Å²) < 4.78 is 12.9. The van der Waals surface area contributed by atoms with Gasteiger partial charge < -0.3 is 10.6 Å². The highest BCUT2D eigenvalue weighted by Gasteiger charge is 2.03. The van der Waals surface area contributed by atoms with Crippen LogP contribution in [0.1, 0.15) is 11.1 Å². The zero-order chi connectivity index (χ0) is 17.5. The summed E-state index contributed by atoms with van der Waals surface area (Å²) in [6.45, 7) is 1.34. The Bertz CT molecular complexity index is 860. The van der Waals surface area contributed by atoms with Crippen LogP contribution in [0.2, 0.25) is 0 Å². The molecule has 0 aliphatic heterocycles. The zero-order valence-corrected chi connectivity index (χ0v) is 16.9. The van der Waals surface area contributed by atoms with Gasteiger partial charge in [-0.3, -0.25) is 9.98 Å². The van der Waals surface area contributed by atoms with Gasteiger partial charge in [0.15, 0.2) is 5.96 Å². The molecule has 4 nitrogen and oxygen atoms in total. The number of guanidine groups is 1. The number of aromatic nitrogens is 1. The van der Waals surface area contributed by atoms with Crippen LogP contribution < -0.4 is 10.6 Å². The van der Waals surface area contributed by atoms with Crippen molar-refractivity contribution in [1.82, 2.24) is 15.6 Å². The van der Waals surface area contributed by atoms with Gasteiger partial charge >= 0.3 is 0 Å². The van der Waals surface area contributed by atoms with Crippen LogP contribution in [0.25, 0.3) is 10.9 Å². The van der Waals surface area contributed by atoms with E-state index < -0.39 is 0 Å². The molecule has 3 aromatic rings. The summed E-state index contributed by atoms with van der Waals surface area (Å²) in [6, 6.07) is 16.7. The maximum atomic E-state index is 12.9. The van der Waals surface area contributed by atoms with E-state index in [0.29, 0.717) is 6.54 Å². The Morgan fingerprint density at radius 1 is 1.04 bits per heavy atom. The average molecular weight is 464 g/mol. The van der Waals surface area contributed by atoms with E-state index in [4.69, 9.17) is 0 Å². The van der Waals surface area contributed by atoms with Gasteiger partial charge in [-0.05, 0) is 35.7 Å². The molecule has 1 heterocycles. The normalized spacial score (nSPS) is 11.1. The maximum Gasteiger partial charge on any atom is 0.191 e. The summed E-state index contributed by atoms with van der Waals surface area (Å²) in [5, 5.41) is 7.68. The van der Waals surface area contributed by atoms with E-state index in [9.17, 15) is 4.39 Å². The number of nitrogens with zero attached hydrogens (tertiary/aromatic N) is 2. The first kappa shape index (κ1) is 20.1. The van der Waals surface area contributed by atoms with Gasteiger partial charge in [-0.2, -0.15) is 0 Å². The van der Waals surface area contributed by atoms with Crippen molar-refractivity contribution in [3.05, 3.63) is 77.7 Å². The molecule has 0 radical (unpaired) electrons. The zero-order valence-electron chi connectivity index (χ0n) is 14.6. The Labute approximate surface area is 170 Å². The predicted molar refractivity (Wildman–Crippen MR) is 115 cm³/mol. The van der Waals surface area contributed by atoms with Crippen molar-refractivity contribution in [3.8, 4) is 0 Å². The van der Waals surface area contributed by atoms with Crippen LogP contribution in [0.4, 0.5) is 4.39 Å². The van der Waals surface area contributed by atoms with Crippen LogP contribution in [-0.2, 0) is 13.0 Å². The SMILES string of the molecule is CN=C(NCCc1cccc2cccnc12)NCc1ccc(F)cc1.I. The van der Waals surface area contributed by atoms with Gasteiger partial charge in [0.05, 0.1) is 5.52 Å². The van der Waals surface area contributed by atoms with Gasteiger partial charge in [0.1, 0.15) is 5.82 Å². The summed E-state index contributed by atoms with van der Waals surface area (Å²) in [5.41, 5.74) is 3.25. The second-order valence-electron chi connectivity index (χ2n) is 5.72. The number of aliphatic imine (C=N–C) groups is 1. The fourth-order valence-corrected chi connectivity index (χ4v) is 2.69. The smallest absolute Gasteiger partial charge is 0.191 e. The molecule has 0 aliphatic rings. The number of rotatable bonds is 5. The summed E-state index contributed by atoms with van der Waals surface area (Å²) in [6.07, 6.45) is 2.67. The number of halogens is 2. The number of para-hydroxylation sites is 1. The van der Waals surface area contributed by atoms with Crippen LogP contribution in [-0.4, -0.2) is 24.5 Å². The number of nitrogens with one attached hydrogen (secondary N) is 2. The Morgan fingerprint density at radius 2 is 1.81 bits per heavy atom. The lowest BCUT2D eigenvalue weighted by Gasteiger charge is -2.12.